The predicted molar refractivity (Wildman–Crippen MR) is 163 cm³/mol. The number of alkyl halides is 3. The van der Waals surface area contributed by atoms with Crippen molar-refractivity contribution < 1.29 is 46.1 Å². The van der Waals surface area contributed by atoms with Crippen LogP contribution in [0.25, 0.3) is 22.0 Å². The number of aromatic nitrogens is 2. The van der Waals surface area contributed by atoms with Gasteiger partial charge in [-0.25, -0.2) is 13.6 Å². The Labute approximate surface area is 269 Å². The maximum absolute atomic E-state index is 15.3. The molecule has 0 aliphatic carbocycles. The van der Waals surface area contributed by atoms with Crippen LogP contribution in [0.5, 0.6) is 0 Å². The van der Waals surface area contributed by atoms with E-state index in [0.29, 0.717) is 32.9 Å². The van der Waals surface area contributed by atoms with Crippen molar-refractivity contribution >= 4 is 28.5 Å². The summed E-state index contributed by atoms with van der Waals surface area (Å²) < 4.78 is 84.9. The summed E-state index contributed by atoms with van der Waals surface area (Å²) in [6.07, 6.45) is -3.99. The molecule has 0 bridgehead atoms. The largest absolute Gasteiger partial charge is 0.480 e. The normalized spacial score (nSPS) is 16.5. The van der Waals surface area contributed by atoms with Crippen LogP contribution in [0.1, 0.15) is 27.2 Å². The number of benzene rings is 2. The number of rotatable bonds is 7. The third kappa shape index (κ3) is 5.99. The van der Waals surface area contributed by atoms with Gasteiger partial charge in [0.05, 0.1) is 43.0 Å². The zero-order valence-electron chi connectivity index (χ0n) is 25.7. The minimum atomic E-state index is -4.87. The van der Waals surface area contributed by atoms with Crippen molar-refractivity contribution in [1.29, 1.82) is 0 Å². The third-order valence-electron chi connectivity index (χ3n) is 8.73. The molecule has 1 spiro atoms. The Bertz CT molecular complexity index is 1990. The minimum absolute atomic E-state index is 0.0112. The van der Waals surface area contributed by atoms with E-state index in [4.69, 9.17) is 9.47 Å². The molecule has 0 unspecified atom stereocenters. The van der Waals surface area contributed by atoms with Crippen LogP contribution in [-0.4, -0.2) is 71.1 Å². The van der Waals surface area contributed by atoms with Gasteiger partial charge >= 0.3 is 12.1 Å². The lowest BCUT2D eigenvalue weighted by Crippen LogP contribution is -2.63. The Kier molecular flexibility index (Phi) is 8.45. The number of ether oxygens (including phenoxy) is 2. The SMILES string of the molecule is Cc1cc(C(F)(F)F)c(-c2ccc(C[C@H](NC(=O)c3c(F)cc(N4CCOC5(COC5)C4)cc3F)C(=O)O)c3cccnc23)c(=O)n1C. The topological polar surface area (TPSA) is 123 Å². The Hall–Kier alpha value is -4.89. The molecular weight excluding hydrogens is 643 g/mol. The van der Waals surface area contributed by atoms with E-state index in [2.05, 4.69) is 10.3 Å². The quantitative estimate of drug-likeness (QED) is 0.280. The van der Waals surface area contributed by atoms with Gasteiger partial charge in [-0.1, -0.05) is 18.2 Å². The monoisotopic (exact) mass is 672 g/mol. The summed E-state index contributed by atoms with van der Waals surface area (Å²) in [5.41, 5.74) is -3.85. The number of halogens is 5. The van der Waals surface area contributed by atoms with Crippen molar-refractivity contribution in [2.24, 2.45) is 7.05 Å². The Morgan fingerprint density at radius 1 is 1.12 bits per heavy atom. The second-order valence-electron chi connectivity index (χ2n) is 11.9. The van der Waals surface area contributed by atoms with Gasteiger partial charge in [-0.15, -0.1) is 0 Å². The van der Waals surface area contributed by atoms with Gasteiger partial charge in [-0.3, -0.25) is 14.6 Å². The summed E-state index contributed by atoms with van der Waals surface area (Å²) in [6, 6.07) is 6.67. The lowest BCUT2D eigenvalue weighted by Gasteiger charge is -2.48. The first kappa shape index (κ1) is 33.0. The molecule has 15 heteroatoms. The van der Waals surface area contributed by atoms with Gasteiger partial charge in [0.25, 0.3) is 11.5 Å². The fourth-order valence-electron chi connectivity index (χ4n) is 6.10. The average molecular weight is 673 g/mol. The first-order chi connectivity index (χ1) is 22.7. The molecule has 2 N–H and O–H groups in total. The molecule has 4 aromatic rings. The van der Waals surface area contributed by atoms with Gasteiger partial charge in [0.2, 0.25) is 0 Å². The highest BCUT2D eigenvalue weighted by atomic mass is 19.4. The molecule has 0 saturated carbocycles. The van der Waals surface area contributed by atoms with Crippen LogP contribution < -0.4 is 15.8 Å². The maximum atomic E-state index is 15.3. The highest BCUT2D eigenvalue weighted by molar-refractivity contribution is 5.99. The molecule has 0 radical (unpaired) electrons. The van der Waals surface area contributed by atoms with Crippen molar-refractivity contribution in [2.45, 2.75) is 31.2 Å². The van der Waals surface area contributed by atoms with Gasteiger partial charge in [-0.05, 0) is 36.8 Å². The molecule has 2 aliphatic heterocycles. The van der Waals surface area contributed by atoms with Crippen LogP contribution in [0, 0.1) is 18.6 Å². The van der Waals surface area contributed by atoms with Gasteiger partial charge in [-0.2, -0.15) is 13.2 Å². The number of carboxylic acid groups (broad SMARTS) is 1. The lowest BCUT2D eigenvalue weighted by molar-refractivity contribution is -0.211. The van der Waals surface area contributed by atoms with Gasteiger partial charge < -0.3 is 29.4 Å². The number of nitrogens with one attached hydrogen (secondary N) is 1. The molecule has 4 heterocycles. The molecule has 2 fully saturated rings. The smallest absolute Gasteiger partial charge is 0.417 e. The second kappa shape index (κ2) is 12.3. The molecule has 2 aromatic carbocycles. The number of aryl methyl sites for hydroxylation is 1. The fourth-order valence-corrected chi connectivity index (χ4v) is 6.10. The van der Waals surface area contributed by atoms with Crippen molar-refractivity contribution in [3.05, 3.63) is 93.0 Å². The van der Waals surface area contributed by atoms with Crippen LogP contribution in [0.4, 0.5) is 27.6 Å². The van der Waals surface area contributed by atoms with Crippen LogP contribution in [0.2, 0.25) is 0 Å². The molecular formula is C33H29F5N4O6. The minimum Gasteiger partial charge on any atom is -0.480 e. The van der Waals surface area contributed by atoms with Crippen molar-refractivity contribution in [3.8, 4) is 11.1 Å². The lowest BCUT2D eigenvalue weighted by atomic mass is 9.93. The maximum Gasteiger partial charge on any atom is 0.417 e. The van der Waals surface area contributed by atoms with E-state index in [1.165, 1.54) is 44.4 Å². The van der Waals surface area contributed by atoms with E-state index in [1.807, 2.05) is 0 Å². The number of carbonyl (C=O) groups excluding carboxylic acids is 1. The standard InChI is InChI=1S/C33H29F5N4O6/c1-17-10-22(33(36,37)38)26(30(44)41(17)2)21-6-5-18(20-4-3-7-39-28(20)21)11-25(31(45)46)40-29(43)27-23(34)12-19(13-24(27)35)42-8-9-48-32(14-42)15-47-16-32/h3-7,10,12-13,25H,8-9,11,14-16H2,1-2H3,(H,40,43)(H,45,46)/t25-/m0/s1. The molecule has 6 rings (SSSR count). The number of fused-ring (bicyclic) bond motifs is 1. The van der Waals surface area contributed by atoms with E-state index in [-0.39, 0.29) is 33.4 Å². The van der Waals surface area contributed by atoms with E-state index in [1.54, 1.807) is 4.90 Å². The van der Waals surface area contributed by atoms with Crippen molar-refractivity contribution in [1.82, 2.24) is 14.9 Å². The summed E-state index contributed by atoms with van der Waals surface area (Å²) in [7, 11) is 1.34. The number of hydrogen-bond acceptors (Lipinski definition) is 7. The number of anilines is 1. The molecule has 2 aromatic heterocycles. The van der Waals surface area contributed by atoms with Gasteiger partial charge in [0, 0.05) is 48.5 Å². The van der Waals surface area contributed by atoms with E-state index in [0.717, 1.165) is 22.8 Å². The Morgan fingerprint density at radius 2 is 1.83 bits per heavy atom. The first-order valence-corrected chi connectivity index (χ1v) is 14.8. The Morgan fingerprint density at radius 3 is 2.46 bits per heavy atom. The molecule has 1 atom stereocenters. The number of nitrogens with zero attached hydrogens (tertiary/aromatic N) is 3. The number of aliphatic carboxylic acids is 1. The summed E-state index contributed by atoms with van der Waals surface area (Å²) in [5.74, 6) is -5.24. The zero-order chi connectivity index (χ0) is 34.5. The summed E-state index contributed by atoms with van der Waals surface area (Å²) in [6.45, 7) is 3.06. The van der Waals surface area contributed by atoms with Gasteiger partial charge in [0.15, 0.2) is 0 Å². The summed E-state index contributed by atoms with van der Waals surface area (Å²) in [5, 5.41) is 12.3. The fraction of sp³-hybridized carbons (Fsp3) is 0.333. The highest BCUT2D eigenvalue weighted by Crippen LogP contribution is 2.38. The Balaban J connectivity index is 1.30. The van der Waals surface area contributed by atoms with Crippen LogP contribution in [-0.2, 0) is 33.9 Å². The molecule has 48 heavy (non-hydrogen) atoms. The number of carbonyl (C=O) groups is 2. The van der Waals surface area contributed by atoms with Crippen LogP contribution >= 0.6 is 0 Å². The van der Waals surface area contributed by atoms with Gasteiger partial charge in [0.1, 0.15) is 28.8 Å². The van der Waals surface area contributed by atoms with E-state index < -0.39 is 70.0 Å². The second-order valence-corrected chi connectivity index (χ2v) is 11.9. The molecule has 10 nitrogen and oxygen atoms in total. The number of hydrogen-bond donors (Lipinski definition) is 2. The van der Waals surface area contributed by atoms with Crippen molar-refractivity contribution in [2.75, 3.05) is 37.8 Å². The van der Waals surface area contributed by atoms with Crippen LogP contribution in [0.3, 0.4) is 0 Å². The summed E-state index contributed by atoms with van der Waals surface area (Å²) >= 11 is 0. The molecule has 252 valence electrons. The number of carboxylic acids is 1. The van der Waals surface area contributed by atoms with E-state index >= 15 is 8.78 Å². The van der Waals surface area contributed by atoms with Crippen LogP contribution in [0.15, 0.2) is 53.5 Å². The van der Waals surface area contributed by atoms with E-state index in [9.17, 15) is 32.7 Å². The van der Waals surface area contributed by atoms with Crippen molar-refractivity contribution in [3.63, 3.8) is 0 Å². The highest BCUT2D eigenvalue weighted by Gasteiger charge is 2.44. The molecule has 1 amide bonds. The summed E-state index contributed by atoms with van der Waals surface area (Å²) in [4.78, 5) is 44.5. The molecule has 2 saturated heterocycles. The molecule has 2 aliphatic rings. The third-order valence-corrected chi connectivity index (χ3v) is 8.73. The first-order valence-electron chi connectivity index (χ1n) is 14.8. The zero-order valence-corrected chi connectivity index (χ0v) is 25.7. The number of amides is 1. The number of pyridine rings is 2. The average Bonchev–Trinajstić information content (AvgIpc) is 3.02. The number of morpholine rings is 1. The predicted octanol–water partition coefficient (Wildman–Crippen LogP) is 4.24.